The van der Waals surface area contributed by atoms with Crippen LogP contribution in [0.1, 0.15) is 10.4 Å². The first-order valence-electron chi connectivity index (χ1n) is 8.33. The van der Waals surface area contributed by atoms with E-state index in [9.17, 15) is 26.7 Å². The van der Waals surface area contributed by atoms with E-state index >= 15 is 0 Å². The van der Waals surface area contributed by atoms with Crippen LogP contribution in [0.3, 0.4) is 0 Å². The van der Waals surface area contributed by atoms with E-state index in [1.165, 1.54) is 23.1 Å². The lowest BCUT2D eigenvalue weighted by Crippen LogP contribution is -2.53. The van der Waals surface area contributed by atoms with Gasteiger partial charge in [0.15, 0.2) is 28.4 Å². The molecule has 0 spiro atoms. The zero-order chi connectivity index (χ0) is 21.3. The number of rotatable bonds is 2. The van der Waals surface area contributed by atoms with E-state index in [1.54, 1.807) is 0 Å². The van der Waals surface area contributed by atoms with Crippen LogP contribution in [0.15, 0.2) is 24.3 Å². The van der Waals surface area contributed by atoms with Crippen molar-refractivity contribution in [2.75, 3.05) is 31.1 Å². The van der Waals surface area contributed by atoms with E-state index in [-0.39, 0.29) is 36.9 Å². The van der Waals surface area contributed by atoms with Gasteiger partial charge < -0.3 is 9.80 Å². The molecule has 154 valence electrons. The minimum absolute atomic E-state index is 0.00712. The maximum absolute atomic E-state index is 14.1. The van der Waals surface area contributed by atoms with Gasteiger partial charge in [0.05, 0.1) is 5.56 Å². The number of benzene rings is 2. The number of carbonyl (C=O) groups is 1. The van der Waals surface area contributed by atoms with Crippen LogP contribution in [0.4, 0.5) is 27.6 Å². The second-order valence-corrected chi connectivity index (χ2v) is 6.90. The highest BCUT2D eigenvalue weighted by Gasteiger charge is 2.30. The van der Waals surface area contributed by atoms with Crippen LogP contribution < -0.4 is 10.2 Å². The molecule has 0 saturated carbocycles. The smallest absolute Gasteiger partial charge is 0.260 e. The van der Waals surface area contributed by atoms with Crippen LogP contribution >= 0.6 is 23.8 Å². The molecule has 2 aromatic carbocycles. The molecule has 0 unspecified atom stereocenters. The summed E-state index contributed by atoms with van der Waals surface area (Å²) >= 11 is 10.4. The highest BCUT2D eigenvalue weighted by molar-refractivity contribution is 7.80. The van der Waals surface area contributed by atoms with Crippen molar-refractivity contribution in [2.24, 2.45) is 0 Å². The van der Waals surface area contributed by atoms with Crippen molar-refractivity contribution in [1.29, 1.82) is 0 Å². The Morgan fingerprint density at radius 1 is 0.931 bits per heavy atom. The van der Waals surface area contributed by atoms with Gasteiger partial charge in [-0.1, -0.05) is 23.7 Å². The summed E-state index contributed by atoms with van der Waals surface area (Å²) in [4.78, 5) is 14.8. The van der Waals surface area contributed by atoms with Gasteiger partial charge >= 0.3 is 0 Å². The molecule has 29 heavy (non-hydrogen) atoms. The molecule has 1 aliphatic rings. The molecule has 4 nitrogen and oxygen atoms in total. The molecule has 0 aromatic heterocycles. The van der Waals surface area contributed by atoms with Gasteiger partial charge in [0, 0.05) is 26.2 Å². The lowest BCUT2D eigenvalue weighted by Gasteiger charge is -2.37. The first-order valence-corrected chi connectivity index (χ1v) is 9.12. The summed E-state index contributed by atoms with van der Waals surface area (Å²) in [6.45, 7) is 0.121. The van der Waals surface area contributed by atoms with Crippen molar-refractivity contribution >= 4 is 40.5 Å². The Bertz CT molecular complexity index is 953. The number of thiocarbonyl (C=S) groups is 1. The summed E-state index contributed by atoms with van der Waals surface area (Å²) in [5.74, 6) is -7.97. The summed E-state index contributed by atoms with van der Waals surface area (Å²) in [5.41, 5.74) is -1.05. The summed E-state index contributed by atoms with van der Waals surface area (Å²) in [5, 5.41) is 1.13. The number of hydrogen-bond donors (Lipinski definition) is 1. The topological polar surface area (TPSA) is 35.6 Å². The Morgan fingerprint density at radius 3 is 2.03 bits per heavy atom. The fourth-order valence-corrected chi connectivity index (χ4v) is 3.33. The van der Waals surface area contributed by atoms with Crippen molar-refractivity contribution in [2.45, 2.75) is 0 Å². The highest BCUT2D eigenvalue weighted by atomic mass is 35.5. The molecule has 0 bridgehead atoms. The zero-order valence-corrected chi connectivity index (χ0v) is 16.2. The maximum atomic E-state index is 14.1. The van der Waals surface area contributed by atoms with E-state index in [2.05, 4.69) is 5.32 Å². The fraction of sp³-hybridized carbons (Fsp3) is 0.222. The van der Waals surface area contributed by atoms with E-state index in [4.69, 9.17) is 23.8 Å². The van der Waals surface area contributed by atoms with Gasteiger partial charge in [0.25, 0.3) is 5.91 Å². The largest absolute Gasteiger partial charge is 0.363 e. The second-order valence-electron chi connectivity index (χ2n) is 6.13. The summed E-state index contributed by atoms with van der Waals surface area (Å²) in [7, 11) is 0. The number of piperazine rings is 1. The number of amides is 1. The molecular weight excluding hydrogens is 437 g/mol. The average Bonchev–Trinajstić information content (AvgIpc) is 2.71. The molecule has 2 aromatic rings. The number of halogens is 6. The molecule has 1 fully saturated rings. The van der Waals surface area contributed by atoms with E-state index in [0.29, 0.717) is 0 Å². The third-order valence-corrected chi connectivity index (χ3v) is 5.10. The molecule has 1 amide bonds. The van der Waals surface area contributed by atoms with Crippen molar-refractivity contribution in [3.05, 3.63) is 63.9 Å². The SMILES string of the molecule is O=C(NC(=S)N1CCN(c2c(F)c(F)c(Cl)c(F)c2F)CC1)c1ccccc1F. The average molecular weight is 450 g/mol. The summed E-state index contributed by atoms with van der Waals surface area (Å²) in [6, 6.07) is 5.35. The van der Waals surface area contributed by atoms with Crippen LogP contribution in [0, 0.1) is 29.1 Å². The molecule has 1 N–H and O–H groups in total. The van der Waals surface area contributed by atoms with Gasteiger partial charge in [-0.3, -0.25) is 10.1 Å². The molecule has 0 radical (unpaired) electrons. The highest BCUT2D eigenvalue weighted by Crippen LogP contribution is 2.33. The molecule has 3 rings (SSSR count). The number of hydrogen-bond acceptors (Lipinski definition) is 3. The minimum Gasteiger partial charge on any atom is -0.363 e. The molecule has 0 aliphatic carbocycles. The lowest BCUT2D eigenvalue weighted by atomic mass is 10.2. The molecule has 1 heterocycles. The van der Waals surface area contributed by atoms with Crippen molar-refractivity contribution in [3.8, 4) is 0 Å². The number of carbonyl (C=O) groups excluding carboxylic acids is 1. The number of anilines is 1. The van der Waals surface area contributed by atoms with Crippen LogP contribution in [0.5, 0.6) is 0 Å². The van der Waals surface area contributed by atoms with Gasteiger partial charge in [-0.2, -0.15) is 0 Å². The quantitative estimate of drug-likeness (QED) is 0.327. The Morgan fingerprint density at radius 2 is 1.48 bits per heavy atom. The van der Waals surface area contributed by atoms with Crippen molar-refractivity contribution < 1.29 is 26.7 Å². The lowest BCUT2D eigenvalue weighted by molar-refractivity contribution is 0.0969. The monoisotopic (exact) mass is 449 g/mol. The summed E-state index contributed by atoms with van der Waals surface area (Å²) in [6.07, 6.45) is 0. The zero-order valence-electron chi connectivity index (χ0n) is 14.6. The first kappa shape index (κ1) is 21.3. The third kappa shape index (κ3) is 4.13. The Hall–Kier alpha value is -2.46. The van der Waals surface area contributed by atoms with Crippen LogP contribution in [-0.2, 0) is 0 Å². The fourth-order valence-electron chi connectivity index (χ4n) is 2.89. The second kappa shape index (κ2) is 8.50. The number of nitrogens with zero attached hydrogens (tertiary/aromatic N) is 2. The molecular formula is C18H13ClF5N3OS. The third-order valence-electron chi connectivity index (χ3n) is 4.41. The van der Waals surface area contributed by atoms with E-state index in [1.807, 2.05) is 0 Å². The Balaban J connectivity index is 1.68. The predicted molar refractivity (Wildman–Crippen MR) is 102 cm³/mol. The predicted octanol–water partition coefficient (Wildman–Crippen LogP) is 3.87. The van der Waals surface area contributed by atoms with Crippen LogP contribution in [0.25, 0.3) is 0 Å². The molecule has 1 aliphatic heterocycles. The maximum Gasteiger partial charge on any atom is 0.260 e. The Labute approximate surface area is 172 Å². The normalized spacial score (nSPS) is 14.1. The summed E-state index contributed by atoms with van der Waals surface area (Å²) < 4.78 is 69.2. The van der Waals surface area contributed by atoms with Gasteiger partial charge in [0.2, 0.25) is 0 Å². The van der Waals surface area contributed by atoms with Gasteiger partial charge in [-0.25, -0.2) is 22.0 Å². The van der Waals surface area contributed by atoms with Gasteiger partial charge in [-0.05, 0) is 24.4 Å². The first-order chi connectivity index (χ1) is 13.7. The molecule has 1 saturated heterocycles. The number of nitrogens with one attached hydrogen (secondary N) is 1. The van der Waals surface area contributed by atoms with E-state index < -0.39 is 45.7 Å². The molecule has 11 heteroatoms. The van der Waals surface area contributed by atoms with E-state index in [0.717, 1.165) is 11.0 Å². The van der Waals surface area contributed by atoms with Crippen LogP contribution in [0.2, 0.25) is 5.02 Å². The van der Waals surface area contributed by atoms with Crippen molar-refractivity contribution in [3.63, 3.8) is 0 Å². The van der Waals surface area contributed by atoms with Crippen LogP contribution in [-0.4, -0.2) is 42.1 Å². The molecule has 0 atom stereocenters. The Kier molecular flexibility index (Phi) is 6.23. The van der Waals surface area contributed by atoms with Crippen molar-refractivity contribution in [1.82, 2.24) is 10.2 Å². The van der Waals surface area contributed by atoms with Gasteiger partial charge in [-0.15, -0.1) is 0 Å². The van der Waals surface area contributed by atoms with Gasteiger partial charge in [0.1, 0.15) is 16.5 Å². The standard InChI is InChI=1S/C18H13ClF5N3OS/c19-11-12(21)14(23)16(15(24)13(11)22)26-5-7-27(8-6-26)18(29)25-17(28)9-3-1-2-4-10(9)20/h1-4H,5-8H2,(H,25,28,29). The minimum atomic E-state index is -1.67.